The van der Waals surface area contributed by atoms with Gasteiger partial charge in [0.05, 0.1) is 0 Å². The molecule has 9 heteroatoms. The van der Waals surface area contributed by atoms with Gasteiger partial charge in [-0.3, -0.25) is 19.7 Å². The zero-order valence-corrected chi connectivity index (χ0v) is 14.8. The monoisotopic (exact) mass is 369 g/mol. The number of nitrogens with zero attached hydrogens (tertiary/aromatic N) is 3. The lowest BCUT2D eigenvalue weighted by atomic mass is 10.0. The van der Waals surface area contributed by atoms with Crippen LogP contribution in [-0.4, -0.2) is 38.9 Å². The van der Waals surface area contributed by atoms with E-state index in [0.717, 1.165) is 11.1 Å². The van der Waals surface area contributed by atoms with Gasteiger partial charge in [0.15, 0.2) is 0 Å². The highest BCUT2D eigenvalue weighted by molar-refractivity contribution is 6.05. The van der Waals surface area contributed by atoms with Gasteiger partial charge < -0.3 is 14.6 Å². The summed E-state index contributed by atoms with van der Waals surface area (Å²) < 4.78 is 5.40. The van der Waals surface area contributed by atoms with Gasteiger partial charge in [-0.1, -0.05) is 24.2 Å². The van der Waals surface area contributed by atoms with E-state index >= 15 is 0 Å². The molecule has 0 bridgehead atoms. The lowest BCUT2D eigenvalue weighted by Gasteiger charge is -2.29. The van der Waals surface area contributed by atoms with Crippen LogP contribution in [0.4, 0.5) is 6.01 Å². The average molecular weight is 369 g/mol. The SMILES string of the molecule is CCc1nnc(NCc2ccc3c(c2)C(=O)N(C2CCC(=O)NC2=O)C3)o1. The molecule has 2 aliphatic heterocycles. The summed E-state index contributed by atoms with van der Waals surface area (Å²) in [6, 6.07) is 5.36. The van der Waals surface area contributed by atoms with Gasteiger partial charge in [-0.15, -0.1) is 5.10 Å². The molecule has 3 amide bonds. The van der Waals surface area contributed by atoms with Gasteiger partial charge >= 0.3 is 6.01 Å². The number of hydrogen-bond donors (Lipinski definition) is 2. The van der Waals surface area contributed by atoms with Crippen LogP contribution >= 0.6 is 0 Å². The smallest absolute Gasteiger partial charge is 0.315 e. The fourth-order valence-corrected chi connectivity index (χ4v) is 3.36. The lowest BCUT2D eigenvalue weighted by Crippen LogP contribution is -2.52. The Balaban J connectivity index is 1.46. The number of carbonyl (C=O) groups is 3. The topological polar surface area (TPSA) is 117 Å². The molecule has 2 aromatic rings. The molecule has 2 N–H and O–H groups in total. The molecule has 1 fully saturated rings. The minimum absolute atomic E-state index is 0.188. The van der Waals surface area contributed by atoms with Gasteiger partial charge in [0.2, 0.25) is 17.7 Å². The van der Waals surface area contributed by atoms with E-state index in [0.29, 0.717) is 43.4 Å². The van der Waals surface area contributed by atoms with Crippen molar-refractivity contribution in [3.8, 4) is 0 Å². The van der Waals surface area contributed by atoms with Gasteiger partial charge in [0, 0.05) is 31.5 Å². The van der Waals surface area contributed by atoms with Crippen LogP contribution in [0.25, 0.3) is 0 Å². The number of aromatic nitrogens is 2. The first-order valence-corrected chi connectivity index (χ1v) is 8.88. The van der Waals surface area contributed by atoms with Crippen LogP contribution in [0.15, 0.2) is 22.6 Å². The number of piperidine rings is 1. The lowest BCUT2D eigenvalue weighted by molar-refractivity contribution is -0.136. The minimum Gasteiger partial charge on any atom is -0.408 e. The normalized spacial score (nSPS) is 19.2. The first kappa shape index (κ1) is 17.2. The summed E-state index contributed by atoms with van der Waals surface area (Å²) in [4.78, 5) is 37.7. The fourth-order valence-electron chi connectivity index (χ4n) is 3.36. The van der Waals surface area contributed by atoms with E-state index in [1.54, 1.807) is 0 Å². The van der Waals surface area contributed by atoms with Crippen LogP contribution in [0, 0.1) is 0 Å². The molecular formula is C18H19N5O4. The Hall–Kier alpha value is -3.23. The molecule has 0 aliphatic carbocycles. The Morgan fingerprint density at radius 2 is 2.15 bits per heavy atom. The molecule has 1 aromatic carbocycles. The van der Waals surface area contributed by atoms with Crippen molar-refractivity contribution in [3.05, 3.63) is 40.8 Å². The summed E-state index contributed by atoms with van der Waals surface area (Å²) in [6.45, 7) is 2.74. The van der Waals surface area contributed by atoms with Crippen molar-refractivity contribution in [1.29, 1.82) is 0 Å². The predicted molar refractivity (Wildman–Crippen MR) is 93.5 cm³/mol. The van der Waals surface area contributed by atoms with Crippen LogP contribution in [-0.2, 0) is 29.1 Å². The third-order valence-electron chi connectivity index (χ3n) is 4.81. The van der Waals surface area contributed by atoms with Crippen LogP contribution in [0.2, 0.25) is 0 Å². The minimum atomic E-state index is -0.602. The van der Waals surface area contributed by atoms with Gasteiger partial charge in [-0.05, 0) is 23.6 Å². The summed E-state index contributed by atoms with van der Waals surface area (Å²) in [6.07, 6.45) is 1.27. The summed E-state index contributed by atoms with van der Waals surface area (Å²) in [5, 5.41) is 13.1. The van der Waals surface area contributed by atoms with E-state index in [1.165, 1.54) is 4.90 Å². The summed E-state index contributed by atoms with van der Waals surface area (Å²) in [5.74, 6) is -0.327. The molecule has 27 heavy (non-hydrogen) atoms. The number of fused-ring (bicyclic) bond motifs is 1. The van der Waals surface area contributed by atoms with Crippen molar-refractivity contribution in [2.75, 3.05) is 5.32 Å². The quantitative estimate of drug-likeness (QED) is 0.755. The fraction of sp³-hybridized carbons (Fsp3) is 0.389. The van der Waals surface area contributed by atoms with Crippen molar-refractivity contribution >= 4 is 23.7 Å². The number of benzene rings is 1. The molecule has 2 aliphatic rings. The molecule has 0 radical (unpaired) electrons. The second kappa shape index (κ2) is 6.82. The molecule has 1 aromatic heterocycles. The maximum atomic E-state index is 12.8. The predicted octanol–water partition coefficient (Wildman–Crippen LogP) is 1.01. The zero-order valence-electron chi connectivity index (χ0n) is 14.8. The van der Waals surface area contributed by atoms with E-state index in [4.69, 9.17) is 4.42 Å². The number of amides is 3. The second-order valence-corrected chi connectivity index (χ2v) is 6.60. The van der Waals surface area contributed by atoms with E-state index < -0.39 is 11.9 Å². The van der Waals surface area contributed by atoms with Gasteiger partial charge in [0.25, 0.3) is 5.91 Å². The largest absolute Gasteiger partial charge is 0.408 e. The van der Waals surface area contributed by atoms with Crippen LogP contribution < -0.4 is 10.6 Å². The molecule has 140 valence electrons. The number of carbonyl (C=O) groups excluding carboxylic acids is 3. The molecule has 1 unspecified atom stereocenters. The van der Waals surface area contributed by atoms with E-state index in [1.807, 2.05) is 25.1 Å². The molecule has 4 rings (SSSR count). The van der Waals surface area contributed by atoms with Crippen molar-refractivity contribution in [1.82, 2.24) is 20.4 Å². The Morgan fingerprint density at radius 3 is 2.89 bits per heavy atom. The summed E-state index contributed by atoms with van der Waals surface area (Å²) in [5.41, 5.74) is 2.35. The van der Waals surface area contributed by atoms with Crippen molar-refractivity contribution in [3.63, 3.8) is 0 Å². The Morgan fingerprint density at radius 1 is 1.30 bits per heavy atom. The number of rotatable bonds is 5. The Labute approximate surface area is 155 Å². The number of imide groups is 1. The first-order valence-electron chi connectivity index (χ1n) is 8.88. The zero-order chi connectivity index (χ0) is 19.0. The number of anilines is 1. The Kier molecular flexibility index (Phi) is 4.35. The number of aryl methyl sites for hydroxylation is 1. The van der Waals surface area contributed by atoms with Crippen molar-refractivity contribution < 1.29 is 18.8 Å². The number of hydrogen-bond acceptors (Lipinski definition) is 7. The van der Waals surface area contributed by atoms with E-state index in [2.05, 4.69) is 20.8 Å². The molecule has 0 spiro atoms. The molecule has 3 heterocycles. The van der Waals surface area contributed by atoms with Gasteiger partial charge in [0.1, 0.15) is 6.04 Å². The summed E-state index contributed by atoms with van der Waals surface area (Å²) in [7, 11) is 0. The Bertz CT molecular complexity index is 922. The molecular weight excluding hydrogens is 350 g/mol. The van der Waals surface area contributed by atoms with Gasteiger partial charge in [-0.25, -0.2) is 0 Å². The second-order valence-electron chi connectivity index (χ2n) is 6.60. The highest BCUT2D eigenvalue weighted by Gasteiger charge is 2.39. The maximum absolute atomic E-state index is 12.8. The first-order chi connectivity index (χ1) is 13.0. The van der Waals surface area contributed by atoms with Crippen molar-refractivity contribution in [2.45, 2.75) is 45.3 Å². The van der Waals surface area contributed by atoms with Crippen LogP contribution in [0.5, 0.6) is 0 Å². The molecule has 0 saturated carbocycles. The van der Waals surface area contributed by atoms with Crippen LogP contribution in [0.3, 0.4) is 0 Å². The highest BCUT2D eigenvalue weighted by Crippen LogP contribution is 2.28. The highest BCUT2D eigenvalue weighted by atomic mass is 16.4. The van der Waals surface area contributed by atoms with E-state index in [-0.39, 0.29) is 18.2 Å². The van der Waals surface area contributed by atoms with Crippen LogP contribution in [0.1, 0.15) is 47.1 Å². The molecule has 9 nitrogen and oxygen atoms in total. The van der Waals surface area contributed by atoms with Gasteiger partial charge in [-0.2, -0.15) is 0 Å². The molecule has 1 atom stereocenters. The third kappa shape index (κ3) is 3.27. The third-order valence-corrected chi connectivity index (χ3v) is 4.81. The molecule has 1 saturated heterocycles. The summed E-state index contributed by atoms with van der Waals surface area (Å²) >= 11 is 0. The standard InChI is InChI=1S/C18H19N5O4/c1-2-15-21-22-18(27-15)19-8-10-3-4-11-9-23(17(26)12(11)7-10)13-5-6-14(24)20-16(13)25/h3-4,7,13H,2,5-6,8-9H2,1H3,(H,19,22)(H,20,24,25). The van der Waals surface area contributed by atoms with E-state index in [9.17, 15) is 14.4 Å². The number of nitrogens with one attached hydrogen (secondary N) is 2. The van der Waals surface area contributed by atoms with Crippen molar-refractivity contribution in [2.24, 2.45) is 0 Å². The maximum Gasteiger partial charge on any atom is 0.315 e. The average Bonchev–Trinajstić information content (AvgIpc) is 3.25.